The Balaban J connectivity index is 1.47. The van der Waals surface area contributed by atoms with Crippen molar-refractivity contribution in [3.63, 3.8) is 0 Å². The topological polar surface area (TPSA) is 59.1 Å². The quantitative estimate of drug-likeness (QED) is 0.768. The van der Waals surface area contributed by atoms with E-state index in [1.165, 1.54) is 17.0 Å². The average Bonchev–Trinajstić information content (AvgIpc) is 3.17. The maximum atomic E-state index is 14.4. The summed E-state index contributed by atoms with van der Waals surface area (Å²) in [5, 5.41) is 3.69. The molecule has 3 aliphatic heterocycles. The van der Waals surface area contributed by atoms with Crippen LogP contribution in [-0.4, -0.2) is 65.3 Å². The summed E-state index contributed by atoms with van der Waals surface area (Å²) >= 11 is 6.17. The zero-order valence-corrected chi connectivity index (χ0v) is 18.7. The smallest absolute Gasteiger partial charge is 0.328 e. The highest BCUT2D eigenvalue weighted by atomic mass is 35.5. The van der Waals surface area contributed by atoms with Crippen LogP contribution in [0.2, 0.25) is 5.02 Å². The second-order valence-corrected chi connectivity index (χ2v) is 8.93. The Morgan fingerprint density at radius 1 is 1.12 bits per heavy atom. The van der Waals surface area contributed by atoms with Crippen LogP contribution in [0.3, 0.4) is 0 Å². The Morgan fingerprint density at radius 2 is 1.91 bits per heavy atom. The number of anilines is 1. The van der Waals surface area contributed by atoms with Crippen LogP contribution >= 0.6 is 11.6 Å². The molecule has 0 aliphatic carbocycles. The number of hydrogen-bond donors (Lipinski definition) is 1. The maximum absolute atomic E-state index is 14.4. The fraction of sp³-hybridized carbons (Fsp3) is 0.391. The molecule has 9 heteroatoms. The molecule has 3 amide bonds. The van der Waals surface area contributed by atoms with Crippen molar-refractivity contribution in [2.75, 3.05) is 25.0 Å². The predicted octanol–water partition coefficient (Wildman–Crippen LogP) is 2.98. The van der Waals surface area contributed by atoms with E-state index in [0.717, 1.165) is 35.7 Å². The molecule has 1 N–H and O–H groups in total. The number of imide groups is 1. The largest absolute Gasteiger partial charge is 0.343 e. The van der Waals surface area contributed by atoms with Gasteiger partial charge in [0, 0.05) is 36.4 Å². The van der Waals surface area contributed by atoms with Crippen LogP contribution < -0.4 is 10.2 Å². The predicted molar refractivity (Wildman–Crippen MR) is 119 cm³/mol. The van der Waals surface area contributed by atoms with E-state index in [9.17, 15) is 14.0 Å². The molecule has 3 heterocycles. The first-order chi connectivity index (χ1) is 15.4. The molecular weight excluding hydrogens is 433 g/mol. The highest BCUT2D eigenvalue weighted by Gasteiger charge is 2.56. The summed E-state index contributed by atoms with van der Waals surface area (Å²) in [5.41, 5.74) is 2.40. The molecule has 0 saturated carbocycles. The van der Waals surface area contributed by atoms with Gasteiger partial charge in [-0.05, 0) is 37.1 Å². The van der Waals surface area contributed by atoms with Crippen molar-refractivity contribution >= 4 is 29.2 Å². The Labute approximate surface area is 191 Å². The van der Waals surface area contributed by atoms with Gasteiger partial charge in [0.25, 0.3) is 5.91 Å². The van der Waals surface area contributed by atoms with Gasteiger partial charge in [0.2, 0.25) is 0 Å². The van der Waals surface area contributed by atoms with Crippen LogP contribution in [0.4, 0.5) is 14.9 Å². The normalized spacial score (nSPS) is 25.9. The molecule has 3 atom stereocenters. The number of hydrogen-bond acceptors (Lipinski definition) is 5. The Bertz CT molecular complexity index is 1060. The Hall–Kier alpha value is -2.68. The molecule has 0 spiro atoms. The van der Waals surface area contributed by atoms with Crippen LogP contribution in [0, 0.1) is 12.7 Å². The standard InChI is InChI=1S/C23H25ClFN5O2/c1-14-7-3-4-10-18(14)28-11-6-12-29-19-20(26-22(28)29)27(2)23(32)30(21(19)31)13-15-16(24)8-5-9-17(15)25/h3-5,7-10,19-20,22,26H,6,11-13H2,1-2H3. The van der Waals surface area contributed by atoms with E-state index in [2.05, 4.69) is 34.2 Å². The fourth-order valence-electron chi connectivity index (χ4n) is 5.04. The number of carbonyl (C=O) groups excluding carboxylic acids is 2. The minimum absolute atomic E-state index is 0.144. The number of para-hydroxylation sites is 1. The van der Waals surface area contributed by atoms with Gasteiger partial charge >= 0.3 is 6.03 Å². The first-order valence-electron chi connectivity index (χ1n) is 10.7. The Kier molecular flexibility index (Phi) is 5.31. The third-order valence-corrected chi connectivity index (χ3v) is 7.03. The van der Waals surface area contributed by atoms with Crippen LogP contribution in [0.15, 0.2) is 42.5 Å². The first kappa shape index (κ1) is 21.2. The second kappa shape index (κ2) is 8.03. The van der Waals surface area contributed by atoms with Crippen LogP contribution in [0.1, 0.15) is 17.5 Å². The number of benzene rings is 2. The summed E-state index contributed by atoms with van der Waals surface area (Å²) in [4.78, 5) is 33.7. The highest BCUT2D eigenvalue weighted by Crippen LogP contribution is 2.35. The third-order valence-electron chi connectivity index (χ3n) is 6.67. The van der Waals surface area contributed by atoms with Gasteiger partial charge in [0.15, 0.2) is 0 Å². The number of aryl methyl sites for hydroxylation is 1. The van der Waals surface area contributed by atoms with E-state index in [1.54, 1.807) is 13.1 Å². The van der Waals surface area contributed by atoms with Crippen molar-refractivity contribution in [1.29, 1.82) is 0 Å². The van der Waals surface area contributed by atoms with Crippen LogP contribution in [-0.2, 0) is 11.3 Å². The van der Waals surface area contributed by atoms with Crippen molar-refractivity contribution in [3.8, 4) is 0 Å². The minimum Gasteiger partial charge on any atom is -0.343 e. The summed E-state index contributed by atoms with van der Waals surface area (Å²) in [6.07, 6.45) is 0.216. The SMILES string of the molecule is Cc1ccccc1N1CCCN2C3C(=O)N(Cc4c(F)cccc4Cl)C(=O)N(C)C3NC12. The van der Waals surface area contributed by atoms with Crippen molar-refractivity contribution in [3.05, 3.63) is 64.4 Å². The van der Waals surface area contributed by atoms with E-state index < -0.39 is 24.1 Å². The zero-order valence-electron chi connectivity index (χ0n) is 18.0. The van der Waals surface area contributed by atoms with E-state index in [1.807, 2.05) is 12.1 Å². The zero-order chi connectivity index (χ0) is 22.6. The molecule has 3 aliphatic rings. The number of amides is 3. The van der Waals surface area contributed by atoms with E-state index in [4.69, 9.17) is 11.6 Å². The van der Waals surface area contributed by atoms with E-state index in [0.29, 0.717) is 0 Å². The molecule has 0 radical (unpaired) electrons. The first-order valence-corrected chi connectivity index (χ1v) is 11.1. The highest BCUT2D eigenvalue weighted by molar-refractivity contribution is 6.31. The fourth-order valence-corrected chi connectivity index (χ4v) is 5.26. The average molecular weight is 458 g/mol. The number of fused-ring (bicyclic) bond motifs is 3. The monoisotopic (exact) mass is 457 g/mol. The van der Waals surface area contributed by atoms with Gasteiger partial charge < -0.3 is 9.80 Å². The number of urea groups is 1. The summed E-state index contributed by atoms with van der Waals surface area (Å²) in [5.74, 6) is -0.868. The van der Waals surface area contributed by atoms with Gasteiger partial charge in [0.1, 0.15) is 24.3 Å². The van der Waals surface area contributed by atoms with Crippen molar-refractivity contribution < 1.29 is 14.0 Å². The molecule has 32 heavy (non-hydrogen) atoms. The van der Waals surface area contributed by atoms with Crippen molar-refractivity contribution in [2.45, 2.75) is 38.4 Å². The van der Waals surface area contributed by atoms with Gasteiger partial charge in [-0.2, -0.15) is 0 Å². The van der Waals surface area contributed by atoms with Gasteiger partial charge in [-0.1, -0.05) is 35.9 Å². The number of rotatable bonds is 3. The lowest BCUT2D eigenvalue weighted by Gasteiger charge is -2.44. The molecule has 3 unspecified atom stereocenters. The van der Waals surface area contributed by atoms with Crippen LogP contribution in [0.25, 0.3) is 0 Å². The lowest BCUT2D eigenvalue weighted by molar-refractivity contribution is -0.139. The van der Waals surface area contributed by atoms with E-state index in [-0.39, 0.29) is 29.3 Å². The molecule has 2 aromatic rings. The molecule has 0 bridgehead atoms. The molecule has 2 aromatic carbocycles. The van der Waals surface area contributed by atoms with E-state index >= 15 is 0 Å². The molecule has 0 aromatic heterocycles. The molecule has 3 saturated heterocycles. The van der Waals surface area contributed by atoms with Gasteiger partial charge in [-0.3, -0.25) is 19.9 Å². The van der Waals surface area contributed by atoms with Gasteiger partial charge in [-0.25, -0.2) is 9.18 Å². The van der Waals surface area contributed by atoms with Crippen LogP contribution in [0.5, 0.6) is 0 Å². The lowest BCUT2D eigenvalue weighted by atomic mass is 10.1. The molecule has 5 rings (SSSR count). The molecular formula is C23H25ClFN5O2. The molecule has 168 valence electrons. The number of halogens is 2. The molecule has 7 nitrogen and oxygen atoms in total. The van der Waals surface area contributed by atoms with Gasteiger partial charge in [-0.15, -0.1) is 0 Å². The number of carbonyl (C=O) groups is 2. The summed E-state index contributed by atoms with van der Waals surface area (Å²) in [7, 11) is 1.67. The number of likely N-dealkylation sites (N-methyl/N-ethyl adjacent to an activating group) is 1. The third kappa shape index (κ3) is 3.25. The van der Waals surface area contributed by atoms with Gasteiger partial charge in [0.05, 0.1) is 6.54 Å². The summed E-state index contributed by atoms with van der Waals surface area (Å²) < 4.78 is 14.4. The van der Waals surface area contributed by atoms with Crippen molar-refractivity contribution in [1.82, 2.24) is 20.0 Å². The summed E-state index contributed by atoms with van der Waals surface area (Å²) in [6, 6.07) is 11.5. The number of nitrogens with zero attached hydrogens (tertiary/aromatic N) is 4. The minimum atomic E-state index is -0.555. The number of nitrogens with one attached hydrogen (secondary N) is 1. The maximum Gasteiger partial charge on any atom is 0.328 e. The Morgan fingerprint density at radius 3 is 2.66 bits per heavy atom. The summed E-state index contributed by atoms with van der Waals surface area (Å²) in [6.45, 7) is 3.44. The second-order valence-electron chi connectivity index (χ2n) is 8.52. The van der Waals surface area contributed by atoms with Crippen molar-refractivity contribution in [2.24, 2.45) is 0 Å². The molecule has 3 fully saturated rings. The lowest BCUT2D eigenvalue weighted by Crippen LogP contribution is -2.66.